The molecular formula is C17H16ClFN6O2. The van der Waals surface area contributed by atoms with E-state index in [0.29, 0.717) is 36.9 Å². The lowest BCUT2D eigenvalue weighted by molar-refractivity contribution is 0.0787. The van der Waals surface area contributed by atoms with Crippen molar-refractivity contribution in [2.24, 2.45) is 0 Å². The van der Waals surface area contributed by atoms with Gasteiger partial charge in [0.05, 0.1) is 22.8 Å². The van der Waals surface area contributed by atoms with Crippen LogP contribution in [0, 0.1) is 5.82 Å². The molecule has 1 saturated heterocycles. The van der Waals surface area contributed by atoms with Crippen molar-refractivity contribution in [2.45, 2.75) is 25.8 Å². The Morgan fingerprint density at radius 3 is 3.04 bits per heavy atom. The largest absolute Gasteiger partial charge is 0.336 e. The molecule has 0 unspecified atom stereocenters. The number of aromatic nitrogens is 5. The van der Waals surface area contributed by atoms with Crippen LogP contribution in [0.5, 0.6) is 0 Å². The van der Waals surface area contributed by atoms with Crippen LogP contribution in [0.1, 0.15) is 35.6 Å². The van der Waals surface area contributed by atoms with Gasteiger partial charge in [-0.15, -0.1) is 5.10 Å². The monoisotopic (exact) mass is 390 g/mol. The van der Waals surface area contributed by atoms with Gasteiger partial charge in [0.1, 0.15) is 5.82 Å². The topological polar surface area (TPSA) is 89.9 Å². The van der Waals surface area contributed by atoms with Gasteiger partial charge in [-0.3, -0.25) is 4.79 Å². The number of amides is 1. The van der Waals surface area contributed by atoms with E-state index in [4.69, 9.17) is 16.1 Å². The number of carbonyl (C=O) groups is 1. The number of likely N-dealkylation sites (tertiary alicyclic amines) is 1. The molecule has 0 radical (unpaired) electrons. The Kier molecular flexibility index (Phi) is 4.61. The molecule has 1 atom stereocenters. The first-order valence-corrected chi connectivity index (χ1v) is 8.92. The zero-order valence-corrected chi connectivity index (χ0v) is 15.2. The van der Waals surface area contributed by atoms with Gasteiger partial charge in [0.2, 0.25) is 0 Å². The van der Waals surface area contributed by atoms with Crippen LogP contribution in [0.4, 0.5) is 4.39 Å². The summed E-state index contributed by atoms with van der Waals surface area (Å²) >= 11 is 6.00. The van der Waals surface area contributed by atoms with Gasteiger partial charge < -0.3 is 9.42 Å². The first kappa shape index (κ1) is 17.6. The van der Waals surface area contributed by atoms with E-state index in [9.17, 15) is 9.18 Å². The zero-order valence-electron chi connectivity index (χ0n) is 14.5. The van der Waals surface area contributed by atoms with Crippen LogP contribution in [-0.2, 0) is 6.42 Å². The molecule has 4 rings (SSSR count). The fourth-order valence-electron chi connectivity index (χ4n) is 3.03. The summed E-state index contributed by atoms with van der Waals surface area (Å²) < 4.78 is 20.1. The van der Waals surface area contributed by atoms with E-state index in [1.54, 1.807) is 15.8 Å². The lowest BCUT2D eigenvalue weighted by atomic mass is 10.2. The average molecular weight is 391 g/mol. The Hall–Kier alpha value is -2.81. The number of hydrogen-bond acceptors (Lipinski definition) is 6. The molecule has 0 aliphatic carbocycles. The molecule has 1 fully saturated rings. The van der Waals surface area contributed by atoms with Crippen LogP contribution in [0.3, 0.4) is 0 Å². The third kappa shape index (κ3) is 3.42. The average Bonchev–Trinajstić information content (AvgIpc) is 3.39. The van der Waals surface area contributed by atoms with E-state index in [2.05, 4.69) is 20.5 Å². The van der Waals surface area contributed by atoms with Crippen LogP contribution in [-0.4, -0.2) is 49.0 Å². The van der Waals surface area contributed by atoms with Crippen molar-refractivity contribution >= 4 is 17.5 Å². The van der Waals surface area contributed by atoms with Gasteiger partial charge in [0.15, 0.2) is 11.5 Å². The summed E-state index contributed by atoms with van der Waals surface area (Å²) in [6, 6.07) is 3.75. The Morgan fingerprint density at radius 2 is 2.30 bits per heavy atom. The van der Waals surface area contributed by atoms with E-state index in [1.807, 2.05) is 6.92 Å². The first-order chi connectivity index (χ1) is 13.0. The van der Waals surface area contributed by atoms with E-state index < -0.39 is 5.82 Å². The summed E-state index contributed by atoms with van der Waals surface area (Å²) in [4.78, 5) is 18.6. The zero-order chi connectivity index (χ0) is 19.0. The number of nitrogens with zero attached hydrogens (tertiary/aromatic N) is 6. The lowest BCUT2D eigenvalue weighted by Crippen LogP contribution is -2.29. The number of rotatable bonds is 4. The highest BCUT2D eigenvalue weighted by Gasteiger charge is 2.30. The highest BCUT2D eigenvalue weighted by atomic mass is 35.5. The van der Waals surface area contributed by atoms with Gasteiger partial charge in [0, 0.05) is 19.5 Å². The quantitative estimate of drug-likeness (QED) is 0.680. The molecule has 2 aromatic heterocycles. The van der Waals surface area contributed by atoms with Gasteiger partial charge in [-0.1, -0.05) is 28.9 Å². The number of halogens is 2. The molecule has 1 amide bonds. The molecule has 1 aromatic carbocycles. The summed E-state index contributed by atoms with van der Waals surface area (Å²) in [6.07, 6.45) is 3.12. The Morgan fingerprint density at radius 1 is 1.44 bits per heavy atom. The molecule has 1 aliphatic rings. The third-order valence-corrected chi connectivity index (χ3v) is 4.81. The van der Waals surface area contributed by atoms with Crippen LogP contribution < -0.4 is 0 Å². The normalized spacial score (nSPS) is 16.9. The van der Waals surface area contributed by atoms with E-state index in [1.165, 1.54) is 12.1 Å². The minimum atomic E-state index is -0.474. The smallest absolute Gasteiger partial charge is 0.280 e. The predicted molar refractivity (Wildman–Crippen MR) is 93.7 cm³/mol. The number of benzene rings is 1. The molecule has 0 bridgehead atoms. The maximum absolute atomic E-state index is 13.2. The molecular weight excluding hydrogens is 375 g/mol. The van der Waals surface area contributed by atoms with Crippen LogP contribution in [0.15, 0.2) is 28.9 Å². The van der Waals surface area contributed by atoms with Crippen molar-refractivity contribution in [1.82, 2.24) is 30.0 Å². The standard InChI is InChI=1S/C17H16ClFN6O2/c1-2-15-20-16(27-22-15)14-9-25(23-21-14)11-5-6-24(8-11)17(26)12-4-3-10(19)7-13(12)18/h3-4,7,9,11H,2,5-6,8H2,1H3/t11-/m0/s1. The summed E-state index contributed by atoms with van der Waals surface area (Å²) in [5.74, 6) is 0.223. The highest BCUT2D eigenvalue weighted by Crippen LogP contribution is 2.26. The van der Waals surface area contributed by atoms with Crippen molar-refractivity contribution in [2.75, 3.05) is 13.1 Å². The molecule has 140 valence electrons. The summed E-state index contributed by atoms with van der Waals surface area (Å²) in [6.45, 7) is 2.94. The minimum Gasteiger partial charge on any atom is -0.336 e. The molecule has 27 heavy (non-hydrogen) atoms. The molecule has 3 aromatic rings. The lowest BCUT2D eigenvalue weighted by Gasteiger charge is -2.17. The van der Waals surface area contributed by atoms with E-state index in [0.717, 1.165) is 12.5 Å². The van der Waals surface area contributed by atoms with Crippen molar-refractivity contribution < 1.29 is 13.7 Å². The molecule has 8 nitrogen and oxygen atoms in total. The SMILES string of the molecule is CCc1noc(-c2cn([C@H]3CCN(C(=O)c4ccc(F)cc4Cl)C3)nn2)n1. The first-order valence-electron chi connectivity index (χ1n) is 8.54. The summed E-state index contributed by atoms with van der Waals surface area (Å²) in [5.41, 5.74) is 0.782. The van der Waals surface area contributed by atoms with E-state index >= 15 is 0 Å². The second kappa shape index (κ2) is 7.07. The predicted octanol–water partition coefficient (Wildman–Crippen LogP) is 2.77. The second-order valence-electron chi connectivity index (χ2n) is 6.27. The third-order valence-electron chi connectivity index (χ3n) is 4.50. The van der Waals surface area contributed by atoms with E-state index in [-0.39, 0.29) is 22.5 Å². The second-order valence-corrected chi connectivity index (χ2v) is 6.68. The highest BCUT2D eigenvalue weighted by molar-refractivity contribution is 6.33. The summed E-state index contributed by atoms with van der Waals surface area (Å²) in [7, 11) is 0. The number of hydrogen-bond donors (Lipinski definition) is 0. The Labute approximate surface area is 158 Å². The van der Waals surface area contributed by atoms with Gasteiger partial charge in [-0.25, -0.2) is 9.07 Å². The number of aryl methyl sites for hydroxylation is 1. The molecule has 0 N–H and O–H groups in total. The van der Waals surface area contributed by atoms with Crippen molar-refractivity contribution in [3.05, 3.63) is 46.6 Å². The van der Waals surface area contributed by atoms with Crippen molar-refractivity contribution in [1.29, 1.82) is 0 Å². The number of carbonyl (C=O) groups excluding carboxylic acids is 1. The van der Waals surface area contributed by atoms with Gasteiger partial charge >= 0.3 is 0 Å². The van der Waals surface area contributed by atoms with Gasteiger partial charge in [0.25, 0.3) is 11.8 Å². The fourth-order valence-corrected chi connectivity index (χ4v) is 3.28. The fraction of sp³-hybridized carbons (Fsp3) is 0.353. The molecule has 10 heteroatoms. The van der Waals surface area contributed by atoms with Gasteiger partial charge in [-0.2, -0.15) is 4.98 Å². The molecule has 0 spiro atoms. The van der Waals surface area contributed by atoms with Crippen LogP contribution in [0.25, 0.3) is 11.6 Å². The Bertz CT molecular complexity index is 987. The maximum atomic E-state index is 13.2. The van der Waals surface area contributed by atoms with Crippen molar-refractivity contribution in [3.63, 3.8) is 0 Å². The van der Waals surface area contributed by atoms with Crippen LogP contribution >= 0.6 is 11.6 Å². The maximum Gasteiger partial charge on any atom is 0.280 e. The molecule has 3 heterocycles. The summed E-state index contributed by atoms with van der Waals surface area (Å²) in [5, 5.41) is 12.2. The van der Waals surface area contributed by atoms with Crippen LogP contribution in [0.2, 0.25) is 5.02 Å². The molecule has 1 aliphatic heterocycles. The Balaban J connectivity index is 1.47. The van der Waals surface area contributed by atoms with Gasteiger partial charge in [-0.05, 0) is 24.6 Å². The van der Waals surface area contributed by atoms with Crippen molar-refractivity contribution in [3.8, 4) is 11.6 Å². The minimum absolute atomic E-state index is 0.0250. The molecule has 0 saturated carbocycles.